The number of hydrogen-bond acceptors (Lipinski definition) is 2. The lowest BCUT2D eigenvalue weighted by Crippen LogP contribution is -2.22. The molecule has 0 saturated heterocycles. The highest BCUT2D eigenvalue weighted by atomic mass is 35.5. The van der Waals surface area contributed by atoms with Crippen molar-refractivity contribution in [3.8, 4) is 5.75 Å². The number of ether oxygens (including phenoxy) is 1. The third-order valence-electron chi connectivity index (χ3n) is 3.33. The normalized spacial score (nSPS) is 12.2. The zero-order valence-corrected chi connectivity index (χ0v) is 12.9. The third kappa shape index (κ3) is 3.33. The van der Waals surface area contributed by atoms with Crippen LogP contribution in [0.3, 0.4) is 0 Å². The summed E-state index contributed by atoms with van der Waals surface area (Å²) >= 11 is 6.23. The van der Waals surface area contributed by atoms with Crippen LogP contribution in [0.15, 0.2) is 42.5 Å². The van der Waals surface area contributed by atoms with Gasteiger partial charge in [-0.3, -0.25) is 0 Å². The van der Waals surface area contributed by atoms with Crippen molar-refractivity contribution in [2.24, 2.45) is 0 Å². The van der Waals surface area contributed by atoms with Gasteiger partial charge >= 0.3 is 0 Å². The van der Waals surface area contributed by atoms with Crippen LogP contribution in [0.2, 0.25) is 5.02 Å². The number of hydrogen-bond donors (Lipinski definition) is 1. The van der Waals surface area contributed by atoms with E-state index in [1.165, 1.54) is 11.1 Å². The van der Waals surface area contributed by atoms with E-state index < -0.39 is 0 Å². The second-order valence-electron chi connectivity index (χ2n) is 4.80. The Bertz CT molecular complexity index is 566. The van der Waals surface area contributed by atoms with Gasteiger partial charge in [-0.15, -0.1) is 0 Å². The SMILES string of the molecule is CCNC(c1ccc(C)cc1)c1ccc(OC)c(Cl)c1. The summed E-state index contributed by atoms with van der Waals surface area (Å²) in [5.41, 5.74) is 3.64. The quantitative estimate of drug-likeness (QED) is 0.883. The van der Waals surface area contributed by atoms with Crippen LogP contribution in [0.1, 0.15) is 29.7 Å². The van der Waals surface area contributed by atoms with Gasteiger partial charge in [0.25, 0.3) is 0 Å². The van der Waals surface area contributed by atoms with Gasteiger partial charge < -0.3 is 10.1 Å². The first-order chi connectivity index (χ1) is 9.65. The van der Waals surface area contributed by atoms with Gasteiger partial charge in [-0.25, -0.2) is 0 Å². The van der Waals surface area contributed by atoms with Crippen LogP contribution in [-0.4, -0.2) is 13.7 Å². The number of aryl methyl sites for hydroxylation is 1. The summed E-state index contributed by atoms with van der Waals surface area (Å²) in [4.78, 5) is 0. The second-order valence-corrected chi connectivity index (χ2v) is 5.20. The molecule has 3 heteroatoms. The van der Waals surface area contributed by atoms with Gasteiger partial charge in [0.1, 0.15) is 5.75 Å². The maximum atomic E-state index is 6.23. The molecular formula is C17H20ClNO. The fourth-order valence-electron chi connectivity index (χ4n) is 2.25. The van der Waals surface area contributed by atoms with E-state index in [2.05, 4.69) is 49.5 Å². The minimum Gasteiger partial charge on any atom is -0.495 e. The van der Waals surface area contributed by atoms with E-state index >= 15 is 0 Å². The molecule has 0 aliphatic heterocycles. The fourth-order valence-corrected chi connectivity index (χ4v) is 2.52. The van der Waals surface area contributed by atoms with E-state index in [-0.39, 0.29) is 6.04 Å². The highest BCUT2D eigenvalue weighted by Crippen LogP contribution is 2.30. The Labute approximate surface area is 125 Å². The van der Waals surface area contributed by atoms with Gasteiger partial charge in [-0.1, -0.05) is 54.4 Å². The van der Waals surface area contributed by atoms with Crippen LogP contribution < -0.4 is 10.1 Å². The zero-order chi connectivity index (χ0) is 14.5. The molecule has 1 N–H and O–H groups in total. The molecule has 2 aromatic rings. The molecule has 0 heterocycles. The average molecular weight is 290 g/mol. The molecule has 0 fully saturated rings. The molecule has 0 aliphatic carbocycles. The lowest BCUT2D eigenvalue weighted by Gasteiger charge is -2.20. The number of methoxy groups -OCH3 is 1. The van der Waals surface area contributed by atoms with Crippen molar-refractivity contribution >= 4 is 11.6 Å². The molecule has 0 aromatic heterocycles. The summed E-state index contributed by atoms with van der Waals surface area (Å²) in [5, 5.41) is 4.14. The Morgan fingerprint density at radius 2 is 1.75 bits per heavy atom. The summed E-state index contributed by atoms with van der Waals surface area (Å²) in [6, 6.07) is 14.6. The molecule has 0 saturated carbocycles. The average Bonchev–Trinajstić information content (AvgIpc) is 2.46. The van der Waals surface area contributed by atoms with E-state index in [0.717, 1.165) is 12.1 Å². The lowest BCUT2D eigenvalue weighted by molar-refractivity contribution is 0.414. The van der Waals surface area contributed by atoms with E-state index in [1.54, 1.807) is 7.11 Å². The van der Waals surface area contributed by atoms with Gasteiger partial charge in [0.05, 0.1) is 18.2 Å². The second kappa shape index (κ2) is 6.78. The Kier molecular flexibility index (Phi) is 5.05. The summed E-state index contributed by atoms with van der Waals surface area (Å²) in [7, 11) is 1.63. The van der Waals surface area contributed by atoms with Crippen molar-refractivity contribution in [2.75, 3.05) is 13.7 Å². The monoisotopic (exact) mass is 289 g/mol. The highest BCUT2D eigenvalue weighted by molar-refractivity contribution is 6.32. The first-order valence-corrected chi connectivity index (χ1v) is 7.17. The molecule has 1 unspecified atom stereocenters. The van der Waals surface area contributed by atoms with Crippen LogP contribution in [0.5, 0.6) is 5.75 Å². The Morgan fingerprint density at radius 1 is 1.10 bits per heavy atom. The van der Waals surface area contributed by atoms with Crippen LogP contribution in [0.4, 0.5) is 0 Å². The lowest BCUT2D eigenvalue weighted by atomic mass is 9.97. The van der Waals surface area contributed by atoms with E-state index in [0.29, 0.717) is 10.8 Å². The molecule has 0 bridgehead atoms. The topological polar surface area (TPSA) is 21.3 Å². The smallest absolute Gasteiger partial charge is 0.137 e. The van der Waals surface area contributed by atoms with E-state index in [1.807, 2.05) is 12.1 Å². The largest absolute Gasteiger partial charge is 0.495 e. The first-order valence-electron chi connectivity index (χ1n) is 6.79. The van der Waals surface area contributed by atoms with Crippen molar-refractivity contribution in [3.05, 3.63) is 64.2 Å². The Hall–Kier alpha value is -1.51. The van der Waals surface area contributed by atoms with Gasteiger partial charge in [-0.2, -0.15) is 0 Å². The van der Waals surface area contributed by atoms with Gasteiger partial charge in [-0.05, 0) is 36.7 Å². The summed E-state index contributed by atoms with van der Waals surface area (Å²) in [6.45, 7) is 5.09. The molecule has 0 amide bonds. The molecule has 2 nitrogen and oxygen atoms in total. The standard InChI is InChI=1S/C17H20ClNO/c1-4-19-17(13-7-5-12(2)6-8-13)14-9-10-16(20-3)15(18)11-14/h5-11,17,19H,4H2,1-3H3. The number of benzene rings is 2. The molecule has 20 heavy (non-hydrogen) atoms. The predicted molar refractivity (Wildman–Crippen MR) is 84.7 cm³/mol. The highest BCUT2D eigenvalue weighted by Gasteiger charge is 2.14. The summed E-state index contributed by atoms with van der Waals surface area (Å²) in [5.74, 6) is 0.703. The molecule has 106 valence electrons. The first kappa shape index (κ1) is 14.9. The van der Waals surface area contributed by atoms with Gasteiger partial charge in [0.2, 0.25) is 0 Å². The molecule has 0 spiro atoms. The van der Waals surface area contributed by atoms with Gasteiger partial charge in [0, 0.05) is 0 Å². The molecule has 2 rings (SSSR count). The molecule has 2 aromatic carbocycles. The fraction of sp³-hybridized carbons (Fsp3) is 0.294. The maximum absolute atomic E-state index is 6.23. The summed E-state index contributed by atoms with van der Waals surface area (Å²) < 4.78 is 5.21. The summed E-state index contributed by atoms with van der Waals surface area (Å²) in [6.07, 6.45) is 0. The van der Waals surface area contributed by atoms with E-state index in [4.69, 9.17) is 16.3 Å². The van der Waals surface area contributed by atoms with Crippen molar-refractivity contribution < 1.29 is 4.74 Å². The molecule has 1 atom stereocenters. The van der Waals surface area contributed by atoms with E-state index in [9.17, 15) is 0 Å². The number of rotatable bonds is 5. The van der Waals surface area contributed by atoms with Crippen molar-refractivity contribution in [1.29, 1.82) is 0 Å². The number of nitrogens with one attached hydrogen (secondary N) is 1. The predicted octanol–water partition coefficient (Wildman–Crippen LogP) is 4.36. The number of halogens is 1. The molecule has 0 radical (unpaired) electrons. The van der Waals surface area contributed by atoms with Crippen LogP contribution in [0.25, 0.3) is 0 Å². The van der Waals surface area contributed by atoms with Crippen molar-refractivity contribution in [3.63, 3.8) is 0 Å². The van der Waals surface area contributed by atoms with Crippen LogP contribution >= 0.6 is 11.6 Å². The third-order valence-corrected chi connectivity index (χ3v) is 3.62. The van der Waals surface area contributed by atoms with Crippen molar-refractivity contribution in [1.82, 2.24) is 5.32 Å². The van der Waals surface area contributed by atoms with Crippen molar-refractivity contribution in [2.45, 2.75) is 19.9 Å². The molecular weight excluding hydrogens is 270 g/mol. The molecule has 0 aliphatic rings. The minimum absolute atomic E-state index is 0.143. The Morgan fingerprint density at radius 3 is 2.30 bits per heavy atom. The maximum Gasteiger partial charge on any atom is 0.137 e. The Balaban J connectivity index is 2.37. The minimum atomic E-state index is 0.143. The zero-order valence-electron chi connectivity index (χ0n) is 12.1. The van der Waals surface area contributed by atoms with Gasteiger partial charge in [0.15, 0.2) is 0 Å². The van der Waals surface area contributed by atoms with Crippen LogP contribution in [-0.2, 0) is 0 Å². The van der Waals surface area contributed by atoms with Crippen LogP contribution in [0, 0.1) is 6.92 Å².